The van der Waals surface area contributed by atoms with Crippen molar-refractivity contribution in [1.82, 2.24) is 5.32 Å². The summed E-state index contributed by atoms with van der Waals surface area (Å²) in [6, 6.07) is 9.80. The van der Waals surface area contributed by atoms with Crippen molar-refractivity contribution in [2.24, 2.45) is 11.8 Å². The topological polar surface area (TPSA) is 55.4 Å². The number of benzene rings is 1. The van der Waals surface area contributed by atoms with Gasteiger partial charge in [0.15, 0.2) is 0 Å². The molecule has 1 aromatic carbocycles. The van der Waals surface area contributed by atoms with Crippen LogP contribution in [0.4, 0.5) is 0 Å². The molecule has 1 aromatic rings. The van der Waals surface area contributed by atoms with E-state index in [9.17, 15) is 9.59 Å². The van der Waals surface area contributed by atoms with Crippen LogP contribution in [0.3, 0.4) is 0 Å². The number of thioether (sulfide) groups is 1. The molecule has 1 amide bonds. The van der Waals surface area contributed by atoms with E-state index >= 15 is 0 Å². The third-order valence-corrected chi connectivity index (χ3v) is 4.55. The Labute approximate surface area is 149 Å². The van der Waals surface area contributed by atoms with Gasteiger partial charge in [-0.2, -0.15) is 11.8 Å². The van der Waals surface area contributed by atoms with Gasteiger partial charge in [0.1, 0.15) is 0 Å². The highest BCUT2D eigenvalue weighted by atomic mass is 32.2. The van der Waals surface area contributed by atoms with Crippen molar-refractivity contribution in [2.75, 3.05) is 24.7 Å². The number of amides is 1. The fourth-order valence-corrected chi connectivity index (χ4v) is 3.24. The van der Waals surface area contributed by atoms with E-state index in [2.05, 4.69) is 19.2 Å². The summed E-state index contributed by atoms with van der Waals surface area (Å²) in [6.07, 6.45) is 1.68. The van der Waals surface area contributed by atoms with Gasteiger partial charge in [-0.25, -0.2) is 0 Å². The molecule has 0 aromatic heterocycles. The molecule has 4 nitrogen and oxygen atoms in total. The smallest absolute Gasteiger partial charge is 0.311 e. The summed E-state index contributed by atoms with van der Waals surface area (Å²) in [5, 5.41) is 2.87. The molecule has 0 aliphatic carbocycles. The average molecular weight is 352 g/mol. The highest BCUT2D eigenvalue weighted by molar-refractivity contribution is 7.99. The van der Waals surface area contributed by atoms with E-state index in [0.717, 1.165) is 17.7 Å². The van der Waals surface area contributed by atoms with Gasteiger partial charge in [-0.15, -0.1) is 0 Å². The van der Waals surface area contributed by atoms with Crippen LogP contribution < -0.4 is 5.32 Å². The number of hydrogen-bond donors (Lipinski definition) is 1. The Balaban J connectivity index is 2.44. The molecule has 0 aliphatic heterocycles. The van der Waals surface area contributed by atoms with Gasteiger partial charge in [0.2, 0.25) is 5.91 Å². The van der Waals surface area contributed by atoms with E-state index in [1.54, 1.807) is 18.7 Å². The SMILES string of the molecule is CCOC(=O)C(CNC(=O)CSCCC(C)C)Cc1ccccc1. The maximum atomic E-state index is 12.1. The van der Waals surface area contributed by atoms with Crippen molar-refractivity contribution < 1.29 is 14.3 Å². The molecule has 1 atom stereocenters. The largest absolute Gasteiger partial charge is 0.466 e. The van der Waals surface area contributed by atoms with E-state index in [1.807, 2.05) is 30.3 Å². The minimum atomic E-state index is -0.350. The lowest BCUT2D eigenvalue weighted by atomic mass is 9.99. The summed E-state index contributed by atoms with van der Waals surface area (Å²) < 4.78 is 5.14. The lowest BCUT2D eigenvalue weighted by molar-refractivity contribution is -0.147. The number of nitrogens with one attached hydrogen (secondary N) is 1. The summed E-state index contributed by atoms with van der Waals surface area (Å²) in [7, 11) is 0. The molecule has 134 valence electrons. The standard InChI is InChI=1S/C19H29NO3S/c1-4-23-19(22)17(12-16-8-6-5-7-9-16)13-20-18(21)14-24-11-10-15(2)3/h5-9,15,17H,4,10-14H2,1-3H3,(H,20,21). The Morgan fingerprint density at radius 2 is 1.92 bits per heavy atom. The van der Waals surface area contributed by atoms with Gasteiger partial charge in [0, 0.05) is 6.54 Å². The second-order valence-corrected chi connectivity index (χ2v) is 7.28. The number of ether oxygens (including phenoxy) is 1. The maximum absolute atomic E-state index is 12.1. The minimum Gasteiger partial charge on any atom is -0.466 e. The normalized spacial score (nSPS) is 12.0. The maximum Gasteiger partial charge on any atom is 0.311 e. The molecule has 0 saturated heterocycles. The molecule has 0 radical (unpaired) electrons. The van der Waals surface area contributed by atoms with Gasteiger partial charge in [0.05, 0.1) is 18.3 Å². The van der Waals surface area contributed by atoms with Crippen LogP contribution in [0.2, 0.25) is 0 Å². The minimum absolute atomic E-state index is 0.0221. The Kier molecular flexibility index (Phi) is 10.2. The van der Waals surface area contributed by atoms with Crippen molar-refractivity contribution in [2.45, 2.75) is 33.6 Å². The number of hydrogen-bond acceptors (Lipinski definition) is 4. The highest BCUT2D eigenvalue weighted by Gasteiger charge is 2.21. The van der Waals surface area contributed by atoms with Crippen LogP contribution in [0.1, 0.15) is 32.8 Å². The van der Waals surface area contributed by atoms with Crippen molar-refractivity contribution in [3.63, 3.8) is 0 Å². The first kappa shape index (κ1) is 20.6. The van der Waals surface area contributed by atoms with E-state index in [-0.39, 0.29) is 17.8 Å². The lowest BCUT2D eigenvalue weighted by Crippen LogP contribution is -2.36. The Morgan fingerprint density at radius 3 is 2.54 bits per heavy atom. The zero-order chi connectivity index (χ0) is 17.8. The summed E-state index contributed by atoms with van der Waals surface area (Å²) in [5.41, 5.74) is 1.07. The highest BCUT2D eigenvalue weighted by Crippen LogP contribution is 2.11. The van der Waals surface area contributed by atoms with Gasteiger partial charge in [-0.1, -0.05) is 44.2 Å². The summed E-state index contributed by atoms with van der Waals surface area (Å²) in [6.45, 7) is 6.81. The first-order chi connectivity index (χ1) is 11.5. The number of carbonyl (C=O) groups excluding carboxylic acids is 2. The lowest BCUT2D eigenvalue weighted by Gasteiger charge is -2.16. The van der Waals surface area contributed by atoms with Crippen molar-refractivity contribution in [3.8, 4) is 0 Å². The number of rotatable bonds is 11. The molecule has 1 rings (SSSR count). The van der Waals surface area contributed by atoms with Crippen molar-refractivity contribution in [1.29, 1.82) is 0 Å². The van der Waals surface area contributed by atoms with Crippen LogP contribution in [-0.2, 0) is 20.7 Å². The quantitative estimate of drug-likeness (QED) is 0.491. The molecular weight excluding hydrogens is 322 g/mol. The molecular formula is C19H29NO3S. The average Bonchev–Trinajstić information content (AvgIpc) is 2.56. The Hall–Kier alpha value is -1.49. The third kappa shape index (κ3) is 8.96. The molecule has 0 spiro atoms. The molecule has 1 N–H and O–H groups in total. The predicted molar refractivity (Wildman–Crippen MR) is 100 cm³/mol. The van der Waals surface area contributed by atoms with Gasteiger partial charge in [-0.3, -0.25) is 9.59 Å². The van der Waals surface area contributed by atoms with Crippen molar-refractivity contribution in [3.05, 3.63) is 35.9 Å². The van der Waals surface area contributed by atoms with Gasteiger partial charge in [0.25, 0.3) is 0 Å². The summed E-state index contributed by atoms with van der Waals surface area (Å²) >= 11 is 1.64. The van der Waals surface area contributed by atoms with E-state index < -0.39 is 0 Å². The second kappa shape index (κ2) is 12.0. The first-order valence-electron chi connectivity index (χ1n) is 8.57. The Bertz CT molecular complexity index is 491. The van der Waals surface area contributed by atoms with Crippen LogP contribution in [0.5, 0.6) is 0 Å². The first-order valence-corrected chi connectivity index (χ1v) is 9.73. The van der Waals surface area contributed by atoms with Crippen molar-refractivity contribution >= 4 is 23.6 Å². The van der Waals surface area contributed by atoms with Crippen LogP contribution in [0, 0.1) is 11.8 Å². The molecule has 1 unspecified atom stereocenters. The van der Waals surface area contributed by atoms with E-state index in [4.69, 9.17) is 4.74 Å². The van der Waals surface area contributed by atoms with Gasteiger partial charge < -0.3 is 10.1 Å². The molecule has 0 fully saturated rings. The molecule has 0 bridgehead atoms. The summed E-state index contributed by atoms with van der Waals surface area (Å²) in [5.74, 6) is 1.45. The van der Waals surface area contributed by atoms with E-state index in [1.165, 1.54) is 0 Å². The molecule has 5 heteroatoms. The molecule has 0 aliphatic rings. The zero-order valence-corrected chi connectivity index (χ0v) is 15.7. The second-order valence-electron chi connectivity index (χ2n) is 6.18. The summed E-state index contributed by atoms with van der Waals surface area (Å²) in [4.78, 5) is 24.1. The van der Waals surface area contributed by atoms with E-state index in [0.29, 0.717) is 31.2 Å². The van der Waals surface area contributed by atoms with Crippen LogP contribution >= 0.6 is 11.8 Å². The van der Waals surface area contributed by atoms with Gasteiger partial charge in [-0.05, 0) is 37.0 Å². The zero-order valence-electron chi connectivity index (χ0n) is 14.9. The fraction of sp³-hybridized carbons (Fsp3) is 0.579. The fourth-order valence-electron chi connectivity index (χ4n) is 2.17. The van der Waals surface area contributed by atoms with Crippen LogP contribution in [-0.4, -0.2) is 36.5 Å². The molecule has 0 heterocycles. The monoisotopic (exact) mass is 351 g/mol. The number of carbonyl (C=O) groups is 2. The van der Waals surface area contributed by atoms with Gasteiger partial charge >= 0.3 is 5.97 Å². The predicted octanol–water partition coefficient (Wildman–Crippen LogP) is 3.30. The van der Waals surface area contributed by atoms with Crippen LogP contribution in [0.25, 0.3) is 0 Å². The Morgan fingerprint density at radius 1 is 1.21 bits per heavy atom. The molecule has 24 heavy (non-hydrogen) atoms. The van der Waals surface area contributed by atoms with Crippen LogP contribution in [0.15, 0.2) is 30.3 Å². The molecule has 0 saturated carbocycles. The number of esters is 1. The third-order valence-electron chi connectivity index (χ3n) is 3.56.